The summed E-state index contributed by atoms with van der Waals surface area (Å²) in [5, 5.41) is 4.03. The lowest BCUT2D eigenvalue weighted by molar-refractivity contribution is -0.119. The van der Waals surface area contributed by atoms with E-state index in [1.165, 1.54) is 25.7 Å². The minimum Gasteiger partial charge on any atom is -0.483 e. The maximum absolute atomic E-state index is 10.8. The van der Waals surface area contributed by atoms with Crippen LogP contribution in [0.1, 0.15) is 44.6 Å². The van der Waals surface area contributed by atoms with Gasteiger partial charge in [-0.25, -0.2) is 0 Å². The molecule has 4 nitrogen and oxygen atoms in total. The van der Waals surface area contributed by atoms with E-state index in [1.54, 1.807) is 12.1 Å². The maximum atomic E-state index is 10.8. The summed E-state index contributed by atoms with van der Waals surface area (Å²) >= 11 is 6.00. The summed E-state index contributed by atoms with van der Waals surface area (Å²) in [4.78, 5) is 10.8. The van der Waals surface area contributed by atoms with Crippen molar-refractivity contribution in [3.63, 3.8) is 0 Å². The van der Waals surface area contributed by atoms with Gasteiger partial charge in [0, 0.05) is 17.1 Å². The molecule has 0 fully saturated rings. The van der Waals surface area contributed by atoms with E-state index in [-0.39, 0.29) is 6.61 Å². The van der Waals surface area contributed by atoms with Gasteiger partial charge in [0.25, 0.3) is 5.91 Å². The summed E-state index contributed by atoms with van der Waals surface area (Å²) in [6, 6.07) is 5.36. The van der Waals surface area contributed by atoms with Gasteiger partial charge in [-0.3, -0.25) is 4.79 Å². The maximum Gasteiger partial charge on any atom is 0.255 e. The lowest BCUT2D eigenvalue weighted by Gasteiger charge is -2.12. The number of amides is 1. The van der Waals surface area contributed by atoms with Gasteiger partial charge in [0.2, 0.25) is 0 Å². The second-order valence-electron chi connectivity index (χ2n) is 5.10. The molecule has 0 aliphatic rings. The van der Waals surface area contributed by atoms with Crippen LogP contribution in [-0.2, 0) is 11.3 Å². The van der Waals surface area contributed by atoms with Crippen molar-refractivity contribution < 1.29 is 9.53 Å². The fourth-order valence-corrected chi connectivity index (χ4v) is 2.25. The second-order valence-corrected chi connectivity index (χ2v) is 5.53. The fraction of sp³-hybridized carbons (Fsp3) is 0.562. The minimum absolute atomic E-state index is 0.119. The number of nitrogens with two attached hydrogens (primary N) is 1. The van der Waals surface area contributed by atoms with E-state index in [2.05, 4.69) is 12.2 Å². The molecule has 0 spiro atoms. The molecule has 0 saturated carbocycles. The van der Waals surface area contributed by atoms with Crippen molar-refractivity contribution in [2.45, 2.75) is 45.6 Å². The standard InChI is InChI=1S/C16H25ClN2O2/c1-2-3-4-5-6-9-19-11-13-10-14(17)7-8-15(13)21-12-16(18)20/h7-8,10,19H,2-6,9,11-12H2,1H3,(H2,18,20). The Morgan fingerprint density at radius 2 is 2.05 bits per heavy atom. The molecule has 0 saturated heterocycles. The average Bonchev–Trinajstić information content (AvgIpc) is 2.45. The molecule has 0 aliphatic carbocycles. The van der Waals surface area contributed by atoms with Gasteiger partial charge in [0.15, 0.2) is 6.61 Å². The third kappa shape index (κ3) is 7.93. The number of benzene rings is 1. The number of halogens is 1. The van der Waals surface area contributed by atoms with Crippen LogP contribution in [0.2, 0.25) is 5.02 Å². The zero-order valence-electron chi connectivity index (χ0n) is 12.7. The fourth-order valence-electron chi connectivity index (χ4n) is 2.05. The molecular formula is C16H25ClN2O2. The van der Waals surface area contributed by atoms with Crippen molar-refractivity contribution in [3.8, 4) is 5.75 Å². The van der Waals surface area contributed by atoms with Crippen molar-refractivity contribution in [1.82, 2.24) is 5.32 Å². The van der Waals surface area contributed by atoms with Crippen LogP contribution in [0.5, 0.6) is 5.75 Å². The lowest BCUT2D eigenvalue weighted by Crippen LogP contribution is -2.21. The van der Waals surface area contributed by atoms with E-state index in [0.29, 0.717) is 17.3 Å². The first-order chi connectivity index (χ1) is 10.1. The molecule has 0 aromatic heterocycles. The highest BCUT2D eigenvalue weighted by Crippen LogP contribution is 2.22. The number of nitrogens with one attached hydrogen (secondary N) is 1. The van der Waals surface area contributed by atoms with Crippen LogP contribution >= 0.6 is 11.6 Å². The lowest BCUT2D eigenvalue weighted by atomic mass is 10.1. The van der Waals surface area contributed by atoms with Gasteiger partial charge in [-0.1, -0.05) is 44.2 Å². The van der Waals surface area contributed by atoms with Gasteiger partial charge in [0.1, 0.15) is 5.75 Å². The number of primary amides is 1. The van der Waals surface area contributed by atoms with E-state index in [4.69, 9.17) is 22.1 Å². The van der Waals surface area contributed by atoms with Crippen molar-refractivity contribution >= 4 is 17.5 Å². The highest BCUT2D eigenvalue weighted by Gasteiger charge is 2.06. The van der Waals surface area contributed by atoms with Gasteiger partial charge in [-0.05, 0) is 31.2 Å². The number of rotatable bonds is 11. The normalized spacial score (nSPS) is 10.6. The Labute approximate surface area is 132 Å². The van der Waals surface area contributed by atoms with Crippen molar-refractivity contribution in [2.75, 3.05) is 13.2 Å². The number of hydrogen-bond donors (Lipinski definition) is 2. The summed E-state index contributed by atoms with van der Waals surface area (Å²) in [6.45, 7) is 3.73. The molecule has 118 valence electrons. The topological polar surface area (TPSA) is 64.3 Å². The van der Waals surface area contributed by atoms with Crippen molar-refractivity contribution in [1.29, 1.82) is 0 Å². The highest BCUT2D eigenvalue weighted by atomic mass is 35.5. The van der Waals surface area contributed by atoms with E-state index in [9.17, 15) is 4.79 Å². The molecule has 3 N–H and O–H groups in total. The molecule has 1 rings (SSSR count). The van der Waals surface area contributed by atoms with Crippen LogP contribution in [0.3, 0.4) is 0 Å². The molecule has 0 bridgehead atoms. The Balaban J connectivity index is 2.38. The minimum atomic E-state index is -0.486. The third-order valence-corrected chi connectivity index (χ3v) is 3.40. The summed E-state index contributed by atoms with van der Waals surface area (Å²) in [6.07, 6.45) is 6.28. The van der Waals surface area contributed by atoms with Gasteiger partial charge >= 0.3 is 0 Å². The van der Waals surface area contributed by atoms with Crippen LogP contribution in [0.15, 0.2) is 18.2 Å². The average molecular weight is 313 g/mol. The van der Waals surface area contributed by atoms with E-state index in [0.717, 1.165) is 18.5 Å². The van der Waals surface area contributed by atoms with Crippen LogP contribution in [-0.4, -0.2) is 19.1 Å². The number of unbranched alkanes of at least 4 members (excludes halogenated alkanes) is 4. The van der Waals surface area contributed by atoms with Gasteiger partial charge in [-0.2, -0.15) is 0 Å². The van der Waals surface area contributed by atoms with Crippen LogP contribution in [0, 0.1) is 0 Å². The summed E-state index contributed by atoms with van der Waals surface area (Å²) < 4.78 is 5.39. The first-order valence-corrected chi connectivity index (χ1v) is 7.91. The first kappa shape index (κ1) is 17.8. The summed E-state index contributed by atoms with van der Waals surface area (Å²) in [7, 11) is 0. The molecule has 1 aromatic rings. The zero-order valence-corrected chi connectivity index (χ0v) is 13.4. The summed E-state index contributed by atoms with van der Waals surface area (Å²) in [5.41, 5.74) is 6.04. The number of hydrogen-bond acceptors (Lipinski definition) is 3. The molecule has 0 atom stereocenters. The molecule has 0 heterocycles. The van der Waals surface area contributed by atoms with Crippen LogP contribution < -0.4 is 15.8 Å². The monoisotopic (exact) mass is 312 g/mol. The molecule has 0 unspecified atom stereocenters. The quantitative estimate of drug-likeness (QED) is 0.616. The Morgan fingerprint density at radius 1 is 1.29 bits per heavy atom. The summed E-state index contributed by atoms with van der Waals surface area (Å²) in [5.74, 6) is 0.163. The number of ether oxygens (including phenoxy) is 1. The Morgan fingerprint density at radius 3 is 2.76 bits per heavy atom. The van der Waals surface area contributed by atoms with Gasteiger partial charge < -0.3 is 15.8 Å². The molecule has 1 aromatic carbocycles. The Kier molecular flexibility index (Phi) is 8.87. The highest BCUT2D eigenvalue weighted by molar-refractivity contribution is 6.30. The molecule has 21 heavy (non-hydrogen) atoms. The van der Waals surface area contributed by atoms with Crippen molar-refractivity contribution in [2.24, 2.45) is 5.73 Å². The predicted molar refractivity (Wildman–Crippen MR) is 86.6 cm³/mol. The largest absolute Gasteiger partial charge is 0.483 e. The molecule has 0 radical (unpaired) electrons. The second kappa shape index (κ2) is 10.5. The first-order valence-electron chi connectivity index (χ1n) is 7.53. The number of carbonyl (C=O) groups is 1. The third-order valence-electron chi connectivity index (χ3n) is 3.17. The predicted octanol–water partition coefficient (Wildman–Crippen LogP) is 3.26. The molecule has 0 aliphatic heterocycles. The van der Waals surface area contributed by atoms with Crippen LogP contribution in [0.25, 0.3) is 0 Å². The van der Waals surface area contributed by atoms with Crippen LogP contribution in [0.4, 0.5) is 0 Å². The molecular weight excluding hydrogens is 288 g/mol. The van der Waals surface area contributed by atoms with E-state index in [1.807, 2.05) is 6.07 Å². The van der Waals surface area contributed by atoms with Gasteiger partial charge in [-0.15, -0.1) is 0 Å². The number of carbonyl (C=O) groups excluding carboxylic acids is 1. The Hall–Kier alpha value is -1.26. The molecule has 1 amide bonds. The van der Waals surface area contributed by atoms with Gasteiger partial charge in [0.05, 0.1) is 0 Å². The SMILES string of the molecule is CCCCCCCNCc1cc(Cl)ccc1OCC(N)=O. The molecule has 5 heteroatoms. The Bertz CT molecular complexity index is 438. The van der Waals surface area contributed by atoms with E-state index >= 15 is 0 Å². The van der Waals surface area contributed by atoms with Crippen molar-refractivity contribution in [3.05, 3.63) is 28.8 Å². The smallest absolute Gasteiger partial charge is 0.255 e. The van der Waals surface area contributed by atoms with E-state index < -0.39 is 5.91 Å². The zero-order chi connectivity index (χ0) is 15.5.